The van der Waals surface area contributed by atoms with Crippen molar-refractivity contribution in [3.63, 3.8) is 0 Å². The second-order valence-electron chi connectivity index (χ2n) is 5.61. The van der Waals surface area contributed by atoms with Crippen molar-refractivity contribution in [2.75, 3.05) is 24.6 Å². The van der Waals surface area contributed by atoms with Crippen molar-refractivity contribution < 1.29 is 4.79 Å². The molecule has 1 heterocycles. The summed E-state index contributed by atoms with van der Waals surface area (Å²) in [6, 6.07) is 15.4. The number of urea groups is 1. The first-order chi connectivity index (χ1) is 10.6. The van der Waals surface area contributed by atoms with E-state index < -0.39 is 0 Å². The van der Waals surface area contributed by atoms with Crippen LogP contribution in [0.5, 0.6) is 0 Å². The van der Waals surface area contributed by atoms with Gasteiger partial charge in [0.05, 0.1) is 0 Å². The molecule has 1 fully saturated rings. The Morgan fingerprint density at radius 2 is 1.09 bits per heavy atom. The minimum atomic E-state index is 0.0775. The third-order valence-electron chi connectivity index (χ3n) is 3.89. The third kappa shape index (κ3) is 3.14. The zero-order valence-corrected chi connectivity index (χ0v) is 12.4. The van der Waals surface area contributed by atoms with Crippen LogP contribution in [0.4, 0.5) is 16.2 Å². The molecular weight excluding hydrogens is 276 g/mol. The molecule has 114 valence electrons. The Labute approximate surface area is 130 Å². The second kappa shape index (κ2) is 5.97. The molecule has 0 spiro atoms. The summed E-state index contributed by atoms with van der Waals surface area (Å²) in [6.45, 7) is 2.74. The van der Waals surface area contributed by atoms with E-state index >= 15 is 0 Å². The van der Waals surface area contributed by atoms with Crippen LogP contribution in [0.3, 0.4) is 0 Å². The summed E-state index contributed by atoms with van der Waals surface area (Å²) in [6.07, 6.45) is 0. The van der Waals surface area contributed by atoms with Gasteiger partial charge < -0.3 is 21.3 Å². The number of hydrogen-bond donors (Lipinski definition) is 2. The molecule has 2 aromatic carbocycles. The van der Waals surface area contributed by atoms with E-state index in [4.69, 9.17) is 11.5 Å². The van der Waals surface area contributed by atoms with E-state index in [1.54, 1.807) is 0 Å². The summed E-state index contributed by atoms with van der Waals surface area (Å²) in [7, 11) is 0. The first-order valence-electron chi connectivity index (χ1n) is 7.34. The number of nitrogen functional groups attached to an aromatic ring is 2. The molecule has 0 atom stereocenters. The first kappa shape index (κ1) is 14.3. The van der Waals surface area contributed by atoms with Gasteiger partial charge in [0.1, 0.15) is 0 Å². The molecule has 5 nitrogen and oxygen atoms in total. The van der Waals surface area contributed by atoms with Gasteiger partial charge in [-0.1, -0.05) is 24.3 Å². The zero-order valence-electron chi connectivity index (χ0n) is 12.4. The Bertz CT molecular complexity index is 594. The maximum atomic E-state index is 12.5. The van der Waals surface area contributed by atoms with Crippen LogP contribution >= 0.6 is 0 Å². The Morgan fingerprint density at radius 1 is 0.727 bits per heavy atom. The van der Waals surface area contributed by atoms with Crippen LogP contribution in [-0.2, 0) is 13.1 Å². The average molecular weight is 296 g/mol. The van der Waals surface area contributed by atoms with E-state index in [9.17, 15) is 4.79 Å². The Kier molecular flexibility index (Phi) is 3.87. The van der Waals surface area contributed by atoms with Gasteiger partial charge in [-0.3, -0.25) is 0 Å². The van der Waals surface area contributed by atoms with Crippen molar-refractivity contribution in [1.29, 1.82) is 0 Å². The number of benzene rings is 2. The second-order valence-corrected chi connectivity index (χ2v) is 5.61. The molecule has 0 radical (unpaired) electrons. The molecule has 1 saturated heterocycles. The predicted octanol–water partition coefficient (Wildman–Crippen LogP) is 2.29. The monoisotopic (exact) mass is 296 g/mol. The topological polar surface area (TPSA) is 75.6 Å². The van der Waals surface area contributed by atoms with Crippen LogP contribution in [0.1, 0.15) is 11.1 Å². The highest BCUT2D eigenvalue weighted by molar-refractivity contribution is 5.76. The first-order valence-corrected chi connectivity index (χ1v) is 7.34. The zero-order chi connectivity index (χ0) is 15.5. The summed E-state index contributed by atoms with van der Waals surface area (Å²) in [5, 5.41) is 0. The van der Waals surface area contributed by atoms with Crippen LogP contribution in [0.2, 0.25) is 0 Å². The lowest BCUT2D eigenvalue weighted by atomic mass is 10.2. The van der Waals surface area contributed by atoms with E-state index in [0.717, 1.165) is 35.6 Å². The molecule has 0 bridgehead atoms. The fraction of sp³-hybridized carbons (Fsp3) is 0.235. The van der Waals surface area contributed by atoms with E-state index in [1.807, 2.05) is 58.3 Å². The number of hydrogen-bond acceptors (Lipinski definition) is 3. The van der Waals surface area contributed by atoms with Crippen molar-refractivity contribution in [3.05, 3.63) is 59.7 Å². The minimum Gasteiger partial charge on any atom is -0.399 e. The van der Waals surface area contributed by atoms with Crippen molar-refractivity contribution in [3.8, 4) is 0 Å². The highest BCUT2D eigenvalue weighted by atomic mass is 16.2. The number of carbonyl (C=O) groups is 1. The van der Waals surface area contributed by atoms with Gasteiger partial charge in [-0.05, 0) is 35.4 Å². The number of rotatable bonds is 4. The molecule has 2 amide bonds. The van der Waals surface area contributed by atoms with Gasteiger partial charge in [0.25, 0.3) is 0 Å². The number of carbonyl (C=O) groups excluding carboxylic acids is 1. The lowest BCUT2D eigenvalue weighted by molar-refractivity contribution is 0.189. The molecule has 2 aromatic rings. The summed E-state index contributed by atoms with van der Waals surface area (Å²) in [4.78, 5) is 16.2. The van der Waals surface area contributed by atoms with Gasteiger partial charge in [-0.25, -0.2) is 4.79 Å². The van der Waals surface area contributed by atoms with Crippen molar-refractivity contribution in [2.45, 2.75) is 13.1 Å². The summed E-state index contributed by atoms with van der Waals surface area (Å²) >= 11 is 0. The van der Waals surface area contributed by atoms with Crippen LogP contribution in [0, 0.1) is 0 Å². The van der Waals surface area contributed by atoms with Gasteiger partial charge in [0.15, 0.2) is 0 Å². The SMILES string of the molecule is Nc1ccc(CN2CCN(Cc3ccc(N)cc3)C2=O)cc1. The van der Waals surface area contributed by atoms with Gasteiger partial charge >= 0.3 is 6.03 Å². The molecular formula is C17H20N4O. The minimum absolute atomic E-state index is 0.0775. The molecule has 0 unspecified atom stereocenters. The Morgan fingerprint density at radius 3 is 1.45 bits per heavy atom. The number of amides is 2. The van der Waals surface area contributed by atoms with Gasteiger partial charge in [0.2, 0.25) is 0 Å². The molecule has 3 rings (SSSR count). The number of anilines is 2. The average Bonchev–Trinajstić information content (AvgIpc) is 2.85. The predicted molar refractivity (Wildman–Crippen MR) is 87.9 cm³/mol. The summed E-state index contributed by atoms with van der Waals surface area (Å²) in [5.41, 5.74) is 15.0. The third-order valence-corrected chi connectivity index (χ3v) is 3.89. The van der Waals surface area contributed by atoms with Crippen LogP contribution in [0.15, 0.2) is 48.5 Å². The lowest BCUT2D eigenvalue weighted by Gasteiger charge is -2.19. The smallest absolute Gasteiger partial charge is 0.320 e. The molecule has 0 aliphatic carbocycles. The van der Waals surface area contributed by atoms with Crippen molar-refractivity contribution in [1.82, 2.24) is 9.80 Å². The van der Waals surface area contributed by atoms with Gasteiger partial charge in [0, 0.05) is 37.6 Å². The fourth-order valence-electron chi connectivity index (χ4n) is 2.61. The Balaban J connectivity index is 1.62. The van der Waals surface area contributed by atoms with Crippen LogP contribution < -0.4 is 11.5 Å². The highest BCUT2D eigenvalue weighted by Gasteiger charge is 2.28. The molecule has 1 aliphatic heterocycles. The molecule has 0 aromatic heterocycles. The highest BCUT2D eigenvalue weighted by Crippen LogP contribution is 2.17. The fourth-order valence-corrected chi connectivity index (χ4v) is 2.61. The summed E-state index contributed by atoms with van der Waals surface area (Å²) < 4.78 is 0. The molecule has 5 heteroatoms. The van der Waals surface area contributed by atoms with Crippen LogP contribution in [0.25, 0.3) is 0 Å². The normalized spacial score (nSPS) is 14.6. The molecule has 4 N–H and O–H groups in total. The molecule has 22 heavy (non-hydrogen) atoms. The Hall–Kier alpha value is -2.69. The number of nitrogens with two attached hydrogens (primary N) is 2. The van der Waals surface area contributed by atoms with E-state index in [2.05, 4.69) is 0 Å². The maximum absolute atomic E-state index is 12.5. The molecule has 0 saturated carbocycles. The number of nitrogens with zero attached hydrogens (tertiary/aromatic N) is 2. The van der Waals surface area contributed by atoms with Crippen LogP contribution in [-0.4, -0.2) is 28.9 Å². The van der Waals surface area contributed by atoms with Crippen molar-refractivity contribution >= 4 is 17.4 Å². The standard InChI is InChI=1S/C17H20N4O/c18-15-5-1-13(2-6-15)11-20-9-10-21(17(20)22)12-14-3-7-16(19)8-4-14/h1-8H,9-12,18-19H2. The maximum Gasteiger partial charge on any atom is 0.320 e. The lowest BCUT2D eigenvalue weighted by Crippen LogP contribution is -2.31. The van der Waals surface area contributed by atoms with Gasteiger partial charge in [-0.2, -0.15) is 0 Å². The van der Waals surface area contributed by atoms with Crippen molar-refractivity contribution in [2.24, 2.45) is 0 Å². The van der Waals surface area contributed by atoms with E-state index in [1.165, 1.54) is 0 Å². The largest absolute Gasteiger partial charge is 0.399 e. The summed E-state index contributed by atoms with van der Waals surface area (Å²) in [5.74, 6) is 0. The van der Waals surface area contributed by atoms with E-state index in [0.29, 0.717) is 13.1 Å². The quantitative estimate of drug-likeness (QED) is 0.850. The molecule has 1 aliphatic rings. The van der Waals surface area contributed by atoms with E-state index in [-0.39, 0.29) is 6.03 Å². The van der Waals surface area contributed by atoms with Gasteiger partial charge in [-0.15, -0.1) is 0 Å².